The predicted octanol–water partition coefficient (Wildman–Crippen LogP) is 2.85. The van der Waals surface area contributed by atoms with Gasteiger partial charge in [0, 0.05) is 36.8 Å². The summed E-state index contributed by atoms with van der Waals surface area (Å²) in [6, 6.07) is 0.0772. The lowest BCUT2D eigenvalue weighted by Gasteiger charge is -2.32. The van der Waals surface area contributed by atoms with E-state index in [0.717, 1.165) is 40.7 Å². The van der Waals surface area contributed by atoms with Gasteiger partial charge in [0.1, 0.15) is 4.83 Å². The maximum absolute atomic E-state index is 13.1. The molecule has 0 unspecified atom stereocenters. The monoisotopic (exact) mass is 399 g/mol. The summed E-state index contributed by atoms with van der Waals surface area (Å²) in [5, 5.41) is 4.94. The number of piperidine rings is 1. The quantitative estimate of drug-likeness (QED) is 0.679. The average Bonchev–Trinajstić information content (AvgIpc) is 3.20. The SMILES string of the molecule is CCc1c(C)sc2ncn(C3CCN(C(=O)c4cnn(C)c4C)CC3)c(=O)c12. The van der Waals surface area contributed by atoms with Gasteiger partial charge in [-0.3, -0.25) is 18.8 Å². The first-order valence-corrected chi connectivity index (χ1v) is 10.5. The molecule has 3 aromatic heterocycles. The van der Waals surface area contributed by atoms with Gasteiger partial charge in [-0.15, -0.1) is 11.3 Å². The zero-order valence-corrected chi connectivity index (χ0v) is 17.5. The molecule has 0 radical (unpaired) electrons. The highest BCUT2D eigenvalue weighted by Gasteiger charge is 2.27. The number of hydrogen-bond acceptors (Lipinski definition) is 5. The van der Waals surface area contributed by atoms with Gasteiger partial charge in [-0.25, -0.2) is 4.98 Å². The highest BCUT2D eigenvalue weighted by molar-refractivity contribution is 7.18. The Hall–Kier alpha value is -2.48. The smallest absolute Gasteiger partial charge is 0.262 e. The topological polar surface area (TPSA) is 73.0 Å². The number of aryl methyl sites for hydroxylation is 3. The second kappa shape index (κ2) is 7.16. The van der Waals surface area contributed by atoms with Crippen LogP contribution in [0.1, 0.15) is 52.3 Å². The van der Waals surface area contributed by atoms with Crippen molar-refractivity contribution in [1.29, 1.82) is 0 Å². The van der Waals surface area contributed by atoms with Crippen molar-refractivity contribution >= 4 is 27.5 Å². The van der Waals surface area contributed by atoms with Gasteiger partial charge in [0.25, 0.3) is 11.5 Å². The van der Waals surface area contributed by atoms with E-state index in [4.69, 9.17) is 0 Å². The maximum Gasteiger partial charge on any atom is 0.262 e. The second-order valence-electron chi connectivity index (χ2n) is 7.42. The summed E-state index contributed by atoms with van der Waals surface area (Å²) in [6.07, 6.45) is 5.67. The van der Waals surface area contributed by atoms with Crippen LogP contribution in [0.5, 0.6) is 0 Å². The van der Waals surface area contributed by atoms with Crippen LogP contribution in [0.2, 0.25) is 0 Å². The zero-order valence-electron chi connectivity index (χ0n) is 16.7. The van der Waals surface area contributed by atoms with Crippen molar-refractivity contribution in [3.05, 3.63) is 44.6 Å². The van der Waals surface area contributed by atoms with Gasteiger partial charge < -0.3 is 4.90 Å². The largest absolute Gasteiger partial charge is 0.338 e. The molecule has 1 aliphatic rings. The molecule has 0 aliphatic carbocycles. The van der Waals surface area contributed by atoms with Crippen LogP contribution in [-0.2, 0) is 13.5 Å². The van der Waals surface area contributed by atoms with Gasteiger partial charge in [0.2, 0.25) is 0 Å². The van der Waals surface area contributed by atoms with Crippen molar-refractivity contribution in [2.75, 3.05) is 13.1 Å². The first-order chi connectivity index (χ1) is 13.4. The van der Waals surface area contributed by atoms with E-state index < -0.39 is 0 Å². The Labute approximate surface area is 167 Å². The minimum Gasteiger partial charge on any atom is -0.338 e. The lowest BCUT2D eigenvalue weighted by Crippen LogP contribution is -2.41. The molecule has 1 aliphatic heterocycles. The Balaban J connectivity index is 1.56. The van der Waals surface area contributed by atoms with Crippen LogP contribution in [0.15, 0.2) is 17.3 Å². The number of rotatable bonds is 3. The summed E-state index contributed by atoms with van der Waals surface area (Å²) in [6.45, 7) is 7.30. The number of aromatic nitrogens is 4. The molecular weight excluding hydrogens is 374 g/mol. The molecule has 0 N–H and O–H groups in total. The maximum atomic E-state index is 13.1. The minimum absolute atomic E-state index is 0.0201. The Morgan fingerprint density at radius 2 is 2.00 bits per heavy atom. The molecule has 4 rings (SSSR count). The van der Waals surface area contributed by atoms with Crippen LogP contribution >= 0.6 is 11.3 Å². The number of thiophene rings is 1. The number of carbonyl (C=O) groups excluding carboxylic acids is 1. The van der Waals surface area contributed by atoms with E-state index >= 15 is 0 Å². The molecule has 1 saturated heterocycles. The number of likely N-dealkylation sites (tertiary alicyclic amines) is 1. The Morgan fingerprint density at radius 1 is 1.29 bits per heavy atom. The fraction of sp³-hybridized carbons (Fsp3) is 0.500. The number of amides is 1. The summed E-state index contributed by atoms with van der Waals surface area (Å²) in [5.74, 6) is 0.0201. The van der Waals surface area contributed by atoms with E-state index in [1.165, 1.54) is 4.88 Å². The third kappa shape index (κ3) is 2.96. The van der Waals surface area contributed by atoms with E-state index in [0.29, 0.717) is 18.7 Å². The molecule has 8 heteroatoms. The van der Waals surface area contributed by atoms with Crippen LogP contribution in [0.3, 0.4) is 0 Å². The molecule has 148 valence electrons. The van der Waals surface area contributed by atoms with Crippen LogP contribution in [0, 0.1) is 13.8 Å². The number of hydrogen-bond donors (Lipinski definition) is 0. The standard InChI is InChI=1S/C20H25N5O2S/c1-5-15-13(3)28-18-17(15)20(27)25(11-21-18)14-6-8-24(9-7-14)19(26)16-10-22-23(4)12(16)2/h10-11,14H,5-9H2,1-4H3. The Morgan fingerprint density at radius 3 is 2.61 bits per heavy atom. The molecule has 7 nitrogen and oxygen atoms in total. The Bertz CT molecular complexity index is 1100. The fourth-order valence-corrected chi connectivity index (χ4v) is 5.15. The summed E-state index contributed by atoms with van der Waals surface area (Å²) in [5.41, 5.74) is 2.70. The molecule has 0 saturated carbocycles. The van der Waals surface area contributed by atoms with Crippen molar-refractivity contribution in [1.82, 2.24) is 24.2 Å². The van der Waals surface area contributed by atoms with Gasteiger partial charge in [0.15, 0.2) is 0 Å². The van der Waals surface area contributed by atoms with E-state index in [9.17, 15) is 9.59 Å². The van der Waals surface area contributed by atoms with Crippen LogP contribution < -0.4 is 5.56 Å². The molecule has 0 bridgehead atoms. The number of nitrogens with zero attached hydrogens (tertiary/aromatic N) is 5. The van der Waals surface area contributed by atoms with Crippen molar-refractivity contribution in [2.45, 2.75) is 46.1 Å². The summed E-state index contributed by atoms with van der Waals surface area (Å²) in [7, 11) is 1.84. The van der Waals surface area contributed by atoms with Crippen molar-refractivity contribution in [3.63, 3.8) is 0 Å². The van der Waals surface area contributed by atoms with E-state index in [-0.39, 0.29) is 17.5 Å². The molecule has 0 aromatic carbocycles. The van der Waals surface area contributed by atoms with Crippen molar-refractivity contribution in [3.8, 4) is 0 Å². The molecule has 4 heterocycles. The van der Waals surface area contributed by atoms with Gasteiger partial charge in [-0.2, -0.15) is 5.10 Å². The van der Waals surface area contributed by atoms with Crippen LogP contribution in [0.25, 0.3) is 10.2 Å². The van der Waals surface area contributed by atoms with E-state index in [1.807, 2.05) is 18.9 Å². The van der Waals surface area contributed by atoms with Crippen molar-refractivity contribution < 1.29 is 4.79 Å². The number of carbonyl (C=O) groups is 1. The molecule has 3 aromatic rings. The molecule has 1 amide bonds. The molecule has 0 atom stereocenters. The predicted molar refractivity (Wildman–Crippen MR) is 110 cm³/mol. The molecule has 0 spiro atoms. The average molecular weight is 400 g/mol. The lowest BCUT2D eigenvalue weighted by molar-refractivity contribution is 0.0692. The summed E-state index contributed by atoms with van der Waals surface area (Å²) >= 11 is 1.59. The zero-order chi connectivity index (χ0) is 20.0. The normalized spacial score (nSPS) is 15.5. The Kier molecular flexibility index (Phi) is 4.82. The highest BCUT2D eigenvalue weighted by atomic mass is 32.1. The number of fused-ring (bicyclic) bond motifs is 1. The molecular formula is C20H25N5O2S. The second-order valence-corrected chi connectivity index (χ2v) is 8.62. The van der Waals surface area contributed by atoms with Gasteiger partial charge >= 0.3 is 0 Å². The van der Waals surface area contributed by atoms with Crippen LogP contribution in [0.4, 0.5) is 0 Å². The van der Waals surface area contributed by atoms with Crippen molar-refractivity contribution in [2.24, 2.45) is 7.05 Å². The van der Waals surface area contributed by atoms with Gasteiger partial charge in [-0.1, -0.05) is 6.92 Å². The third-order valence-electron chi connectivity index (χ3n) is 5.90. The first-order valence-electron chi connectivity index (χ1n) is 9.69. The summed E-state index contributed by atoms with van der Waals surface area (Å²) in [4.78, 5) is 34.4. The minimum atomic E-state index is 0.0201. The first kappa shape index (κ1) is 18.9. The van der Waals surface area contributed by atoms with Gasteiger partial charge in [0.05, 0.1) is 23.5 Å². The third-order valence-corrected chi connectivity index (χ3v) is 6.96. The molecule has 1 fully saturated rings. The van der Waals surface area contributed by atoms with Gasteiger partial charge in [-0.05, 0) is 38.7 Å². The summed E-state index contributed by atoms with van der Waals surface area (Å²) < 4.78 is 3.50. The fourth-order valence-electron chi connectivity index (χ4n) is 4.08. The molecule has 28 heavy (non-hydrogen) atoms. The highest BCUT2D eigenvalue weighted by Crippen LogP contribution is 2.29. The van der Waals surface area contributed by atoms with E-state index in [1.54, 1.807) is 33.1 Å². The lowest BCUT2D eigenvalue weighted by atomic mass is 10.0. The van der Waals surface area contributed by atoms with Crippen LogP contribution in [-0.4, -0.2) is 43.2 Å². The van der Waals surface area contributed by atoms with E-state index in [2.05, 4.69) is 23.9 Å².